The molecule has 0 radical (unpaired) electrons. The van der Waals surface area contributed by atoms with Crippen LogP contribution in [0.3, 0.4) is 0 Å². The molecule has 144 valence electrons. The van der Waals surface area contributed by atoms with Gasteiger partial charge in [0.15, 0.2) is 0 Å². The molecule has 1 aliphatic carbocycles. The molecule has 4 aromatic rings. The van der Waals surface area contributed by atoms with E-state index < -0.39 is 0 Å². The number of hydrogen-bond acceptors (Lipinski definition) is 4. The third kappa shape index (κ3) is 3.19. The second kappa shape index (κ2) is 7.17. The molecular weight excluding hydrogens is 360 g/mol. The Kier molecular flexibility index (Phi) is 4.36. The van der Waals surface area contributed by atoms with Gasteiger partial charge in [0.05, 0.1) is 29.7 Å². The highest BCUT2D eigenvalue weighted by molar-refractivity contribution is 5.83. The fraction of sp³-hybridized carbons (Fsp3) is 0.304. The third-order valence-electron chi connectivity index (χ3n) is 5.99. The van der Waals surface area contributed by atoms with E-state index in [0.717, 1.165) is 59.1 Å². The van der Waals surface area contributed by atoms with Gasteiger partial charge in [0.2, 0.25) is 0 Å². The van der Waals surface area contributed by atoms with Gasteiger partial charge in [-0.25, -0.2) is 4.52 Å². The van der Waals surface area contributed by atoms with Crippen LogP contribution in [0.5, 0.6) is 0 Å². The molecule has 0 bridgehead atoms. The molecule has 1 saturated carbocycles. The highest BCUT2D eigenvalue weighted by atomic mass is 15.2. The van der Waals surface area contributed by atoms with Crippen LogP contribution in [0.4, 0.5) is 0 Å². The van der Waals surface area contributed by atoms with E-state index in [0.29, 0.717) is 5.92 Å². The molecule has 0 spiro atoms. The highest BCUT2D eigenvalue weighted by Crippen LogP contribution is 2.38. The summed E-state index contributed by atoms with van der Waals surface area (Å²) in [6.07, 6.45) is 13.5. The van der Waals surface area contributed by atoms with Crippen molar-refractivity contribution < 1.29 is 0 Å². The maximum Gasteiger partial charge on any atom is 0.0958 e. The molecule has 0 atom stereocenters. The Morgan fingerprint density at radius 1 is 0.966 bits per heavy atom. The van der Waals surface area contributed by atoms with Gasteiger partial charge < -0.3 is 0 Å². The fourth-order valence-electron chi connectivity index (χ4n) is 4.39. The molecule has 3 heterocycles. The van der Waals surface area contributed by atoms with Crippen molar-refractivity contribution in [2.24, 2.45) is 13.0 Å². The summed E-state index contributed by atoms with van der Waals surface area (Å²) in [6, 6.07) is 11.0. The Morgan fingerprint density at radius 3 is 2.41 bits per heavy atom. The van der Waals surface area contributed by atoms with E-state index in [9.17, 15) is 5.26 Å². The summed E-state index contributed by atoms with van der Waals surface area (Å²) < 4.78 is 3.75. The minimum atomic E-state index is 0.190. The van der Waals surface area contributed by atoms with Crippen molar-refractivity contribution in [1.29, 1.82) is 5.26 Å². The zero-order chi connectivity index (χ0) is 19.8. The Morgan fingerprint density at radius 2 is 1.72 bits per heavy atom. The lowest BCUT2D eigenvalue weighted by molar-refractivity contribution is 0.378. The maximum absolute atomic E-state index is 9.20. The summed E-state index contributed by atoms with van der Waals surface area (Å²) in [5.41, 5.74) is 6.68. The van der Waals surface area contributed by atoms with Crippen LogP contribution < -0.4 is 0 Å². The number of nitrogens with zero attached hydrogens (tertiary/aromatic N) is 6. The van der Waals surface area contributed by atoms with E-state index in [1.54, 1.807) is 0 Å². The number of rotatable bonds is 3. The van der Waals surface area contributed by atoms with Crippen LogP contribution in [-0.4, -0.2) is 24.4 Å². The van der Waals surface area contributed by atoms with E-state index in [4.69, 9.17) is 4.98 Å². The predicted molar refractivity (Wildman–Crippen MR) is 111 cm³/mol. The summed E-state index contributed by atoms with van der Waals surface area (Å²) >= 11 is 0. The van der Waals surface area contributed by atoms with E-state index in [-0.39, 0.29) is 5.92 Å². The van der Waals surface area contributed by atoms with Crippen LogP contribution >= 0.6 is 0 Å². The van der Waals surface area contributed by atoms with Gasteiger partial charge in [-0.15, -0.1) is 0 Å². The molecule has 29 heavy (non-hydrogen) atoms. The standard InChI is InChI=1S/C23H22N6/c1-28-15-20(13-26-28)17-6-8-18(9-7-17)21-14-27-29-11-10-25-22(23(21)29)19-4-2-16(12-24)3-5-19/h6-11,13-16,19H,2-5H2,1H3/t16-,19+. The minimum Gasteiger partial charge on any atom is -0.275 e. The average molecular weight is 382 g/mol. The molecule has 5 rings (SSSR count). The molecule has 0 N–H and O–H groups in total. The topological polar surface area (TPSA) is 71.8 Å². The summed E-state index contributed by atoms with van der Waals surface area (Å²) in [7, 11) is 1.93. The van der Waals surface area contributed by atoms with Gasteiger partial charge in [-0.2, -0.15) is 15.5 Å². The van der Waals surface area contributed by atoms with Crippen molar-refractivity contribution in [3.8, 4) is 28.3 Å². The van der Waals surface area contributed by atoms with Crippen LogP contribution in [0.2, 0.25) is 0 Å². The van der Waals surface area contributed by atoms with Gasteiger partial charge in [0.1, 0.15) is 0 Å². The van der Waals surface area contributed by atoms with Gasteiger partial charge in [-0.3, -0.25) is 9.67 Å². The zero-order valence-electron chi connectivity index (χ0n) is 16.4. The SMILES string of the molecule is Cn1cc(-c2ccc(-c3cnn4ccnc([C@H]5CC[C@@H](C#N)CC5)c34)cc2)cn1. The Hall–Kier alpha value is -3.46. The Bertz CT molecular complexity index is 1190. The summed E-state index contributed by atoms with van der Waals surface area (Å²) in [6.45, 7) is 0. The lowest BCUT2D eigenvalue weighted by Gasteiger charge is -2.24. The Balaban J connectivity index is 1.52. The second-order valence-electron chi connectivity index (χ2n) is 7.82. The van der Waals surface area contributed by atoms with Crippen molar-refractivity contribution in [2.45, 2.75) is 31.6 Å². The molecule has 0 aliphatic heterocycles. The van der Waals surface area contributed by atoms with E-state index in [2.05, 4.69) is 40.5 Å². The molecule has 6 nitrogen and oxygen atoms in total. The Labute approximate surface area is 169 Å². The first kappa shape index (κ1) is 17.6. The van der Waals surface area contributed by atoms with Gasteiger partial charge in [-0.1, -0.05) is 24.3 Å². The fourth-order valence-corrected chi connectivity index (χ4v) is 4.39. The van der Waals surface area contributed by atoms with Crippen molar-refractivity contribution in [1.82, 2.24) is 24.4 Å². The van der Waals surface area contributed by atoms with Gasteiger partial charge >= 0.3 is 0 Å². The van der Waals surface area contributed by atoms with Crippen LogP contribution in [0.15, 0.2) is 55.2 Å². The molecule has 1 fully saturated rings. The predicted octanol–water partition coefficient (Wildman–Crippen LogP) is 4.59. The van der Waals surface area contributed by atoms with E-state index >= 15 is 0 Å². The minimum absolute atomic E-state index is 0.190. The van der Waals surface area contributed by atoms with Crippen molar-refractivity contribution >= 4 is 5.52 Å². The largest absolute Gasteiger partial charge is 0.275 e. The smallest absolute Gasteiger partial charge is 0.0958 e. The third-order valence-corrected chi connectivity index (χ3v) is 5.99. The number of benzene rings is 1. The quantitative estimate of drug-likeness (QED) is 0.519. The monoisotopic (exact) mass is 382 g/mol. The van der Waals surface area contributed by atoms with E-state index in [1.807, 2.05) is 47.2 Å². The lowest BCUT2D eigenvalue weighted by atomic mass is 9.80. The number of aromatic nitrogens is 5. The summed E-state index contributed by atoms with van der Waals surface area (Å²) in [5.74, 6) is 0.573. The number of fused-ring (bicyclic) bond motifs is 1. The van der Waals surface area contributed by atoms with Crippen molar-refractivity contribution in [3.05, 3.63) is 60.9 Å². The molecule has 3 aromatic heterocycles. The van der Waals surface area contributed by atoms with Gasteiger partial charge in [0.25, 0.3) is 0 Å². The highest BCUT2D eigenvalue weighted by Gasteiger charge is 2.26. The maximum atomic E-state index is 9.20. The average Bonchev–Trinajstić information content (AvgIpc) is 3.40. The first-order valence-corrected chi connectivity index (χ1v) is 10.0. The van der Waals surface area contributed by atoms with Gasteiger partial charge in [0, 0.05) is 48.6 Å². The van der Waals surface area contributed by atoms with Crippen molar-refractivity contribution in [2.75, 3.05) is 0 Å². The summed E-state index contributed by atoms with van der Waals surface area (Å²) in [4.78, 5) is 4.75. The van der Waals surface area contributed by atoms with E-state index in [1.165, 1.54) is 0 Å². The first-order valence-electron chi connectivity index (χ1n) is 10.0. The molecule has 6 heteroatoms. The van der Waals surface area contributed by atoms with Crippen LogP contribution in [0.1, 0.15) is 37.3 Å². The molecule has 1 aromatic carbocycles. The summed E-state index contributed by atoms with van der Waals surface area (Å²) in [5, 5.41) is 18.0. The first-order chi connectivity index (χ1) is 14.2. The second-order valence-corrected chi connectivity index (χ2v) is 7.82. The van der Waals surface area contributed by atoms with Gasteiger partial charge in [-0.05, 0) is 36.8 Å². The zero-order valence-corrected chi connectivity index (χ0v) is 16.4. The van der Waals surface area contributed by atoms with Crippen LogP contribution in [0, 0.1) is 17.2 Å². The number of aryl methyl sites for hydroxylation is 1. The molecular formula is C23H22N6. The normalized spacial score (nSPS) is 19.3. The van der Waals surface area contributed by atoms with Crippen molar-refractivity contribution in [3.63, 3.8) is 0 Å². The number of hydrogen-bond donors (Lipinski definition) is 0. The molecule has 0 saturated heterocycles. The molecule has 0 amide bonds. The van der Waals surface area contributed by atoms with Crippen LogP contribution in [0.25, 0.3) is 27.8 Å². The molecule has 0 unspecified atom stereocenters. The number of nitriles is 1. The van der Waals surface area contributed by atoms with Crippen LogP contribution in [-0.2, 0) is 7.05 Å². The molecule has 1 aliphatic rings. The lowest BCUT2D eigenvalue weighted by Crippen LogP contribution is -2.14.